The largest absolute Gasteiger partial charge is 0.504 e. The molecule has 0 saturated carbocycles. The number of phenols is 1. The number of phenolic OH excluding ortho intramolecular Hbond substituents is 1. The Labute approximate surface area is 108 Å². The van der Waals surface area contributed by atoms with Crippen LogP contribution in [0.15, 0.2) is 18.2 Å². The summed E-state index contributed by atoms with van der Waals surface area (Å²) >= 11 is 0. The lowest BCUT2D eigenvalue weighted by Crippen LogP contribution is -2.26. The molecule has 0 aliphatic carbocycles. The first-order valence-corrected chi connectivity index (χ1v) is 6.38. The number of ether oxygens (including phenoxy) is 1. The number of para-hydroxylation sites is 1. The van der Waals surface area contributed by atoms with Crippen molar-refractivity contribution < 1.29 is 14.9 Å². The summed E-state index contributed by atoms with van der Waals surface area (Å²) in [6.45, 7) is 4.95. The summed E-state index contributed by atoms with van der Waals surface area (Å²) in [5.74, 6) is 0.971. The fraction of sp³-hybridized carbons (Fsp3) is 0.571. The van der Waals surface area contributed by atoms with Crippen molar-refractivity contribution in [1.82, 2.24) is 0 Å². The molecule has 1 aromatic rings. The van der Waals surface area contributed by atoms with Gasteiger partial charge in [-0.3, -0.25) is 0 Å². The minimum absolute atomic E-state index is 0.0557. The second-order valence-electron chi connectivity index (χ2n) is 4.56. The van der Waals surface area contributed by atoms with Crippen molar-refractivity contribution in [2.45, 2.75) is 20.3 Å². The fourth-order valence-electron chi connectivity index (χ4n) is 2.00. The molecule has 0 aliphatic rings. The Hall–Kier alpha value is -1.26. The lowest BCUT2D eigenvalue weighted by Gasteiger charge is -2.21. The molecule has 4 heteroatoms. The molecule has 0 amide bonds. The van der Waals surface area contributed by atoms with E-state index < -0.39 is 0 Å². The maximum absolute atomic E-state index is 10.1. The summed E-state index contributed by atoms with van der Waals surface area (Å²) in [4.78, 5) is 0. The van der Waals surface area contributed by atoms with Gasteiger partial charge < -0.3 is 20.7 Å². The molecule has 1 aromatic carbocycles. The first-order valence-electron chi connectivity index (χ1n) is 6.38. The van der Waals surface area contributed by atoms with Crippen LogP contribution in [0, 0.1) is 11.8 Å². The average molecular weight is 253 g/mol. The second kappa shape index (κ2) is 7.24. The monoisotopic (exact) mass is 253 g/mol. The van der Waals surface area contributed by atoms with E-state index in [2.05, 4.69) is 0 Å². The number of aliphatic hydroxyl groups is 1. The predicted molar refractivity (Wildman–Crippen MR) is 71.8 cm³/mol. The molecule has 0 bridgehead atoms. The number of hydrogen-bond donors (Lipinski definition) is 3. The Morgan fingerprint density at radius 3 is 2.67 bits per heavy atom. The first kappa shape index (κ1) is 14.8. The van der Waals surface area contributed by atoms with E-state index in [4.69, 9.17) is 10.5 Å². The van der Waals surface area contributed by atoms with Crippen molar-refractivity contribution in [2.24, 2.45) is 17.6 Å². The van der Waals surface area contributed by atoms with Gasteiger partial charge in [0, 0.05) is 6.61 Å². The number of aromatic hydroxyl groups is 1. The molecule has 102 valence electrons. The Balaban J connectivity index is 2.81. The Morgan fingerprint density at radius 1 is 1.39 bits per heavy atom. The van der Waals surface area contributed by atoms with Gasteiger partial charge in [0.05, 0.1) is 6.61 Å². The summed E-state index contributed by atoms with van der Waals surface area (Å²) < 4.78 is 5.35. The van der Waals surface area contributed by atoms with Crippen LogP contribution in [-0.2, 0) is 6.42 Å². The second-order valence-corrected chi connectivity index (χ2v) is 4.56. The van der Waals surface area contributed by atoms with E-state index in [-0.39, 0.29) is 24.2 Å². The van der Waals surface area contributed by atoms with Gasteiger partial charge in [-0.05, 0) is 43.4 Å². The van der Waals surface area contributed by atoms with Crippen molar-refractivity contribution in [2.75, 3.05) is 19.8 Å². The van der Waals surface area contributed by atoms with Crippen LogP contribution in [0.1, 0.15) is 19.4 Å². The molecule has 4 N–H and O–H groups in total. The molecule has 2 atom stereocenters. The molecule has 0 radical (unpaired) electrons. The van der Waals surface area contributed by atoms with Crippen LogP contribution in [0.4, 0.5) is 0 Å². The van der Waals surface area contributed by atoms with Gasteiger partial charge in [-0.1, -0.05) is 19.1 Å². The highest BCUT2D eigenvalue weighted by Crippen LogP contribution is 2.32. The van der Waals surface area contributed by atoms with E-state index in [0.717, 1.165) is 5.56 Å². The summed E-state index contributed by atoms with van der Waals surface area (Å²) in [6, 6.07) is 5.49. The quantitative estimate of drug-likeness (QED) is 0.689. The molecule has 2 unspecified atom stereocenters. The molecular weight excluding hydrogens is 230 g/mol. The van der Waals surface area contributed by atoms with Gasteiger partial charge in [-0.2, -0.15) is 0 Å². The first-order chi connectivity index (χ1) is 8.63. The van der Waals surface area contributed by atoms with Crippen LogP contribution >= 0.6 is 0 Å². The van der Waals surface area contributed by atoms with E-state index in [1.807, 2.05) is 26.0 Å². The maximum Gasteiger partial charge on any atom is 0.161 e. The standard InChI is InChI=1S/C14H23NO3/c1-3-18-13-6-4-5-11(14(13)17)7-10(2)12(8-15)9-16/h4-6,10,12,16-17H,3,7-9,15H2,1-2H3. The van der Waals surface area contributed by atoms with Crippen LogP contribution in [0.5, 0.6) is 11.5 Å². The Bertz CT molecular complexity index is 364. The van der Waals surface area contributed by atoms with Crippen molar-refractivity contribution in [3.63, 3.8) is 0 Å². The van der Waals surface area contributed by atoms with Crippen molar-refractivity contribution >= 4 is 0 Å². The zero-order valence-corrected chi connectivity index (χ0v) is 11.1. The highest BCUT2D eigenvalue weighted by atomic mass is 16.5. The number of nitrogens with two attached hydrogens (primary N) is 1. The zero-order chi connectivity index (χ0) is 13.5. The molecule has 0 spiro atoms. The summed E-state index contributed by atoms with van der Waals surface area (Å²) in [7, 11) is 0. The lowest BCUT2D eigenvalue weighted by atomic mass is 9.88. The number of hydrogen-bond acceptors (Lipinski definition) is 4. The van der Waals surface area contributed by atoms with Crippen LogP contribution in [0.25, 0.3) is 0 Å². The highest BCUT2D eigenvalue weighted by Gasteiger charge is 2.18. The topological polar surface area (TPSA) is 75.7 Å². The van der Waals surface area contributed by atoms with Gasteiger partial charge in [0.1, 0.15) is 0 Å². The molecule has 0 aromatic heterocycles. The summed E-state index contributed by atoms with van der Waals surface area (Å²) in [5, 5.41) is 19.3. The van der Waals surface area contributed by atoms with Gasteiger partial charge in [-0.25, -0.2) is 0 Å². The van der Waals surface area contributed by atoms with Crippen LogP contribution < -0.4 is 10.5 Å². The van der Waals surface area contributed by atoms with Gasteiger partial charge in [0.15, 0.2) is 11.5 Å². The SMILES string of the molecule is CCOc1cccc(CC(C)C(CN)CO)c1O. The van der Waals surface area contributed by atoms with E-state index in [1.165, 1.54) is 0 Å². The molecule has 1 rings (SSSR count). The molecule has 0 fully saturated rings. The van der Waals surface area contributed by atoms with Crippen molar-refractivity contribution in [3.05, 3.63) is 23.8 Å². The van der Waals surface area contributed by atoms with E-state index in [9.17, 15) is 10.2 Å². The molecule has 18 heavy (non-hydrogen) atoms. The van der Waals surface area contributed by atoms with Crippen LogP contribution in [0.3, 0.4) is 0 Å². The maximum atomic E-state index is 10.1. The third-order valence-corrected chi connectivity index (χ3v) is 3.27. The smallest absolute Gasteiger partial charge is 0.161 e. The van der Waals surface area contributed by atoms with Gasteiger partial charge in [-0.15, -0.1) is 0 Å². The molecular formula is C14H23NO3. The average Bonchev–Trinajstić information content (AvgIpc) is 2.36. The number of aliphatic hydroxyl groups excluding tert-OH is 1. The van der Waals surface area contributed by atoms with Gasteiger partial charge >= 0.3 is 0 Å². The minimum atomic E-state index is 0.0557. The van der Waals surface area contributed by atoms with E-state index in [1.54, 1.807) is 6.07 Å². The minimum Gasteiger partial charge on any atom is -0.504 e. The summed E-state index contributed by atoms with van der Waals surface area (Å²) in [5.41, 5.74) is 6.44. The molecule has 0 saturated heterocycles. The number of rotatable bonds is 7. The van der Waals surface area contributed by atoms with Gasteiger partial charge in [0.2, 0.25) is 0 Å². The number of benzene rings is 1. The van der Waals surface area contributed by atoms with Crippen molar-refractivity contribution in [1.29, 1.82) is 0 Å². The summed E-state index contributed by atoms with van der Waals surface area (Å²) in [6.07, 6.45) is 0.676. The normalized spacial score (nSPS) is 14.2. The third kappa shape index (κ3) is 3.62. The van der Waals surface area contributed by atoms with E-state index >= 15 is 0 Å². The van der Waals surface area contributed by atoms with Crippen molar-refractivity contribution in [3.8, 4) is 11.5 Å². The predicted octanol–water partition coefficient (Wildman–Crippen LogP) is 1.54. The zero-order valence-electron chi connectivity index (χ0n) is 11.1. The lowest BCUT2D eigenvalue weighted by molar-refractivity contribution is 0.186. The van der Waals surface area contributed by atoms with Crippen LogP contribution in [0.2, 0.25) is 0 Å². The van der Waals surface area contributed by atoms with Crippen LogP contribution in [-0.4, -0.2) is 30.0 Å². The Kier molecular flexibility index (Phi) is 5.95. The Morgan fingerprint density at radius 2 is 2.11 bits per heavy atom. The molecule has 4 nitrogen and oxygen atoms in total. The third-order valence-electron chi connectivity index (χ3n) is 3.27. The molecule has 0 heterocycles. The molecule has 0 aliphatic heterocycles. The van der Waals surface area contributed by atoms with Gasteiger partial charge in [0.25, 0.3) is 0 Å². The fourth-order valence-corrected chi connectivity index (χ4v) is 2.00. The van der Waals surface area contributed by atoms with E-state index in [0.29, 0.717) is 25.3 Å². The highest BCUT2D eigenvalue weighted by molar-refractivity contribution is 5.45.